The number of nitrogens with zero attached hydrogens (tertiary/aromatic N) is 5. The maximum absolute atomic E-state index is 13.0. The van der Waals surface area contributed by atoms with E-state index >= 15 is 0 Å². The van der Waals surface area contributed by atoms with Gasteiger partial charge in [-0.15, -0.1) is 5.10 Å². The Balaban J connectivity index is 1.43. The first-order valence-electron chi connectivity index (χ1n) is 12.2. The standard InChI is InChI=1S/C27H32N6O/c1-19-14-20(2)24-16-22(27(34)28-25(24)15-19)17-32(13-12-21-8-4-3-5-9-21)18-26-29-30-31-33(26)23-10-6-7-11-23/h3-5,8-9,14-16,23H,6-7,10-13,17-18H2,1-2H3,(H,28,34). The van der Waals surface area contributed by atoms with Crippen LogP contribution < -0.4 is 5.56 Å². The smallest absolute Gasteiger partial charge is 0.252 e. The van der Waals surface area contributed by atoms with Crippen LogP contribution in [0.3, 0.4) is 0 Å². The molecule has 1 fully saturated rings. The maximum Gasteiger partial charge on any atom is 0.252 e. The molecule has 7 heteroatoms. The van der Waals surface area contributed by atoms with E-state index < -0.39 is 0 Å². The summed E-state index contributed by atoms with van der Waals surface area (Å²) in [6.07, 6.45) is 5.62. The minimum atomic E-state index is -0.0300. The largest absolute Gasteiger partial charge is 0.322 e. The molecule has 0 atom stereocenters. The van der Waals surface area contributed by atoms with Crippen molar-refractivity contribution in [3.8, 4) is 0 Å². The summed E-state index contributed by atoms with van der Waals surface area (Å²) >= 11 is 0. The van der Waals surface area contributed by atoms with Crippen LogP contribution in [0.5, 0.6) is 0 Å². The summed E-state index contributed by atoms with van der Waals surface area (Å²) in [6.45, 7) is 6.12. The molecular formula is C27H32N6O. The van der Waals surface area contributed by atoms with Gasteiger partial charge in [0.1, 0.15) is 0 Å². The van der Waals surface area contributed by atoms with Crippen molar-refractivity contribution in [3.05, 3.63) is 87.0 Å². The Labute approximate surface area is 199 Å². The highest BCUT2D eigenvalue weighted by atomic mass is 16.1. The van der Waals surface area contributed by atoms with Gasteiger partial charge in [0.15, 0.2) is 5.82 Å². The highest BCUT2D eigenvalue weighted by Crippen LogP contribution is 2.29. The van der Waals surface area contributed by atoms with Crippen molar-refractivity contribution in [2.45, 2.75) is 65.1 Å². The fraction of sp³-hybridized carbons (Fsp3) is 0.407. The predicted octanol–water partition coefficient (Wildman–Crippen LogP) is 4.49. The zero-order valence-corrected chi connectivity index (χ0v) is 20.0. The van der Waals surface area contributed by atoms with Crippen LogP contribution in [0.15, 0.2) is 53.3 Å². The number of hydrogen-bond donors (Lipinski definition) is 1. The molecule has 0 unspecified atom stereocenters. The SMILES string of the molecule is Cc1cc(C)c2cc(CN(CCc3ccccc3)Cc3nnnn3C3CCCC3)c(=O)[nH]c2c1. The molecule has 0 spiro atoms. The average molecular weight is 457 g/mol. The highest BCUT2D eigenvalue weighted by molar-refractivity contribution is 5.83. The topological polar surface area (TPSA) is 79.7 Å². The lowest BCUT2D eigenvalue weighted by Gasteiger charge is -2.23. The van der Waals surface area contributed by atoms with Crippen molar-refractivity contribution in [3.63, 3.8) is 0 Å². The van der Waals surface area contributed by atoms with Crippen molar-refractivity contribution < 1.29 is 0 Å². The van der Waals surface area contributed by atoms with Gasteiger partial charge in [-0.3, -0.25) is 9.69 Å². The quantitative estimate of drug-likeness (QED) is 0.423. The fourth-order valence-electron chi connectivity index (χ4n) is 5.17. The molecule has 176 valence electrons. The first-order chi connectivity index (χ1) is 16.6. The Bertz CT molecular complexity index is 1320. The van der Waals surface area contributed by atoms with Crippen molar-refractivity contribution >= 4 is 10.9 Å². The van der Waals surface area contributed by atoms with Crippen LogP contribution in [0.4, 0.5) is 0 Å². The second-order valence-corrected chi connectivity index (χ2v) is 9.59. The molecule has 5 rings (SSSR count). The molecule has 2 heterocycles. The van der Waals surface area contributed by atoms with Gasteiger partial charge in [0, 0.05) is 29.6 Å². The number of H-pyrrole nitrogens is 1. The van der Waals surface area contributed by atoms with Gasteiger partial charge < -0.3 is 4.98 Å². The Morgan fingerprint density at radius 1 is 1.06 bits per heavy atom. The van der Waals surface area contributed by atoms with E-state index in [0.717, 1.165) is 53.7 Å². The first-order valence-corrected chi connectivity index (χ1v) is 12.2. The van der Waals surface area contributed by atoms with Gasteiger partial charge in [0.05, 0.1) is 12.6 Å². The van der Waals surface area contributed by atoms with Crippen molar-refractivity contribution in [1.82, 2.24) is 30.1 Å². The molecule has 0 amide bonds. The number of rotatable bonds is 8. The summed E-state index contributed by atoms with van der Waals surface area (Å²) in [6, 6.07) is 17.1. The Morgan fingerprint density at radius 2 is 1.85 bits per heavy atom. The number of hydrogen-bond acceptors (Lipinski definition) is 5. The molecule has 2 aromatic heterocycles. The van der Waals surface area contributed by atoms with Crippen LogP contribution in [0.1, 0.15) is 59.8 Å². The van der Waals surface area contributed by atoms with E-state index in [0.29, 0.717) is 19.1 Å². The number of benzene rings is 2. The summed E-state index contributed by atoms with van der Waals surface area (Å²) in [5, 5.41) is 13.8. The zero-order chi connectivity index (χ0) is 23.5. The van der Waals surface area contributed by atoms with E-state index in [2.05, 4.69) is 75.7 Å². The Hall–Kier alpha value is -3.32. The lowest BCUT2D eigenvalue weighted by atomic mass is 10.0. The Kier molecular flexibility index (Phi) is 6.54. The summed E-state index contributed by atoms with van der Waals surface area (Å²) in [5.41, 5.74) is 5.24. The summed E-state index contributed by atoms with van der Waals surface area (Å²) in [5.74, 6) is 0.879. The molecule has 1 aliphatic rings. The van der Waals surface area contributed by atoms with Gasteiger partial charge >= 0.3 is 0 Å². The molecule has 34 heavy (non-hydrogen) atoms. The molecule has 2 aromatic carbocycles. The number of fused-ring (bicyclic) bond motifs is 1. The summed E-state index contributed by atoms with van der Waals surface area (Å²) in [7, 11) is 0. The monoisotopic (exact) mass is 456 g/mol. The predicted molar refractivity (Wildman–Crippen MR) is 134 cm³/mol. The van der Waals surface area contributed by atoms with E-state index in [1.54, 1.807) is 0 Å². The molecule has 7 nitrogen and oxygen atoms in total. The van der Waals surface area contributed by atoms with E-state index in [1.807, 2.05) is 16.8 Å². The van der Waals surface area contributed by atoms with Crippen LogP contribution in [0.25, 0.3) is 10.9 Å². The minimum Gasteiger partial charge on any atom is -0.322 e. The van der Waals surface area contributed by atoms with Crippen molar-refractivity contribution in [2.75, 3.05) is 6.54 Å². The van der Waals surface area contributed by atoms with Crippen molar-refractivity contribution in [2.24, 2.45) is 0 Å². The van der Waals surface area contributed by atoms with Gasteiger partial charge in [-0.2, -0.15) is 0 Å². The maximum atomic E-state index is 13.0. The lowest BCUT2D eigenvalue weighted by molar-refractivity contribution is 0.243. The zero-order valence-electron chi connectivity index (χ0n) is 20.0. The number of aryl methyl sites for hydroxylation is 2. The normalized spacial score (nSPS) is 14.4. The van der Waals surface area contributed by atoms with Crippen LogP contribution >= 0.6 is 0 Å². The van der Waals surface area contributed by atoms with Crippen LogP contribution in [-0.4, -0.2) is 36.6 Å². The van der Waals surface area contributed by atoms with Gasteiger partial charge in [-0.1, -0.05) is 49.2 Å². The second-order valence-electron chi connectivity index (χ2n) is 9.59. The molecule has 0 bridgehead atoms. The molecule has 4 aromatic rings. The van der Waals surface area contributed by atoms with Gasteiger partial charge in [-0.25, -0.2) is 4.68 Å². The van der Waals surface area contributed by atoms with Gasteiger partial charge in [-0.05, 0) is 72.4 Å². The third-order valence-electron chi connectivity index (χ3n) is 6.94. The molecule has 0 aliphatic heterocycles. The lowest BCUT2D eigenvalue weighted by Crippen LogP contribution is -2.30. The number of aromatic amines is 1. The minimum absolute atomic E-state index is 0.0300. The molecular weight excluding hydrogens is 424 g/mol. The second kappa shape index (κ2) is 9.89. The third-order valence-corrected chi connectivity index (χ3v) is 6.94. The van der Waals surface area contributed by atoms with E-state index in [1.165, 1.54) is 24.0 Å². The average Bonchev–Trinajstić information content (AvgIpc) is 3.51. The third kappa shape index (κ3) is 4.94. The molecule has 1 aliphatic carbocycles. The van der Waals surface area contributed by atoms with E-state index in [4.69, 9.17) is 0 Å². The summed E-state index contributed by atoms with van der Waals surface area (Å²) < 4.78 is 2.01. The van der Waals surface area contributed by atoms with Crippen molar-refractivity contribution in [1.29, 1.82) is 0 Å². The highest BCUT2D eigenvalue weighted by Gasteiger charge is 2.23. The first kappa shape index (κ1) is 22.5. The number of aromatic nitrogens is 5. The van der Waals surface area contributed by atoms with Crippen LogP contribution in [-0.2, 0) is 19.5 Å². The van der Waals surface area contributed by atoms with Gasteiger partial charge in [0.2, 0.25) is 0 Å². The number of nitrogens with one attached hydrogen (secondary N) is 1. The van der Waals surface area contributed by atoms with Crippen LogP contribution in [0, 0.1) is 13.8 Å². The Morgan fingerprint density at radius 3 is 2.65 bits per heavy atom. The van der Waals surface area contributed by atoms with Gasteiger partial charge in [0.25, 0.3) is 5.56 Å². The molecule has 0 saturated heterocycles. The molecule has 0 radical (unpaired) electrons. The number of pyridine rings is 1. The van der Waals surface area contributed by atoms with E-state index in [-0.39, 0.29) is 5.56 Å². The van der Waals surface area contributed by atoms with Crippen LogP contribution in [0.2, 0.25) is 0 Å². The summed E-state index contributed by atoms with van der Waals surface area (Å²) in [4.78, 5) is 18.4. The number of tetrazole rings is 1. The van der Waals surface area contributed by atoms with E-state index in [9.17, 15) is 4.79 Å². The fourth-order valence-corrected chi connectivity index (χ4v) is 5.17. The molecule has 1 saturated carbocycles. The molecule has 1 N–H and O–H groups in total.